The Balaban J connectivity index is 1.98. The maximum absolute atomic E-state index is 5.26. The van der Waals surface area contributed by atoms with Gasteiger partial charge in [0.1, 0.15) is 5.75 Å². The van der Waals surface area contributed by atoms with Gasteiger partial charge in [-0.25, -0.2) is 0 Å². The van der Waals surface area contributed by atoms with Gasteiger partial charge in [0.05, 0.1) is 19.3 Å². The average Bonchev–Trinajstić information content (AvgIpc) is 2.93. The minimum Gasteiger partial charge on any atom is -0.496 e. The van der Waals surface area contributed by atoms with Crippen LogP contribution < -0.4 is 10.1 Å². The van der Waals surface area contributed by atoms with Gasteiger partial charge in [0, 0.05) is 17.9 Å². The smallest absolute Gasteiger partial charge is 0.121 e. The number of nitrogens with zero attached hydrogens (tertiary/aromatic N) is 2. The van der Waals surface area contributed by atoms with Gasteiger partial charge >= 0.3 is 0 Å². The molecule has 0 aliphatic carbocycles. The van der Waals surface area contributed by atoms with Crippen LogP contribution in [-0.4, -0.2) is 16.9 Å². The van der Waals surface area contributed by atoms with Gasteiger partial charge in [-0.3, -0.25) is 4.68 Å². The van der Waals surface area contributed by atoms with Crippen LogP contribution in [0.4, 0.5) is 5.69 Å². The number of rotatable bonds is 6. The van der Waals surface area contributed by atoms with Crippen molar-refractivity contribution in [1.29, 1.82) is 0 Å². The molecule has 0 radical (unpaired) electrons. The second-order valence-electron chi connectivity index (χ2n) is 5.08. The van der Waals surface area contributed by atoms with Crippen LogP contribution >= 0.6 is 0 Å². The summed E-state index contributed by atoms with van der Waals surface area (Å²) in [6.45, 7) is 7.12. The molecule has 108 valence electrons. The Bertz CT molecular complexity index is 563. The molecule has 0 saturated heterocycles. The van der Waals surface area contributed by atoms with Gasteiger partial charge in [0.25, 0.3) is 0 Å². The lowest BCUT2D eigenvalue weighted by Gasteiger charge is -2.10. The van der Waals surface area contributed by atoms with Crippen molar-refractivity contribution in [3.63, 3.8) is 0 Å². The van der Waals surface area contributed by atoms with Gasteiger partial charge in [0.15, 0.2) is 0 Å². The molecule has 0 aliphatic rings. The minimum atomic E-state index is 0.451. The number of methoxy groups -OCH3 is 1. The maximum Gasteiger partial charge on any atom is 0.121 e. The van der Waals surface area contributed by atoms with Crippen LogP contribution in [0, 0.1) is 6.92 Å². The molecule has 2 rings (SSSR count). The second kappa shape index (κ2) is 6.46. The van der Waals surface area contributed by atoms with E-state index in [-0.39, 0.29) is 0 Å². The molecule has 1 atom stereocenters. The Labute approximate surface area is 120 Å². The Kier molecular flexibility index (Phi) is 4.66. The van der Waals surface area contributed by atoms with E-state index in [9.17, 15) is 0 Å². The summed E-state index contributed by atoms with van der Waals surface area (Å²) in [5.41, 5.74) is 3.27. The van der Waals surface area contributed by atoms with Crippen molar-refractivity contribution in [1.82, 2.24) is 9.78 Å². The summed E-state index contributed by atoms with van der Waals surface area (Å²) in [7, 11) is 1.69. The summed E-state index contributed by atoms with van der Waals surface area (Å²) in [6, 6.07) is 8.61. The van der Waals surface area contributed by atoms with Gasteiger partial charge < -0.3 is 10.1 Å². The molecule has 1 aromatic heterocycles. The molecule has 1 aromatic carbocycles. The third-order valence-electron chi connectivity index (χ3n) is 3.57. The zero-order chi connectivity index (χ0) is 14.5. The zero-order valence-corrected chi connectivity index (χ0v) is 12.7. The normalized spacial score (nSPS) is 12.2. The fourth-order valence-electron chi connectivity index (χ4n) is 2.09. The van der Waals surface area contributed by atoms with Crippen LogP contribution in [0.25, 0.3) is 0 Å². The first-order chi connectivity index (χ1) is 9.63. The van der Waals surface area contributed by atoms with E-state index in [0.29, 0.717) is 6.04 Å². The number of hydrogen-bond donors (Lipinski definition) is 1. The van der Waals surface area contributed by atoms with Crippen LogP contribution in [0.1, 0.15) is 37.6 Å². The molecular formula is C16H23N3O. The molecule has 1 heterocycles. The van der Waals surface area contributed by atoms with Crippen molar-refractivity contribution < 1.29 is 4.74 Å². The molecule has 2 aromatic rings. The number of anilines is 1. The maximum atomic E-state index is 5.26. The monoisotopic (exact) mass is 273 g/mol. The summed E-state index contributed by atoms with van der Waals surface area (Å²) >= 11 is 0. The van der Waals surface area contributed by atoms with Crippen molar-refractivity contribution >= 4 is 5.69 Å². The van der Waals surface area contributed by atoms with Crippen molar-refractivity contribution in [3.05, 3.63) is 41.7 Å². The third kappa shape index (κ3) is 3.32. The molecule has 1 N–H and O–H groups in total. The number of hydrogen-bond acceptors (Lipinski definition) is 3. The van der Waals surface area contributed by atoms with Crippen LogP contribution in [0.5, 0.6) is 5.75 Å². The van der Waals surface area contributed by atoms with E-state index in [2.05, 4.69) is 36.4 Å². The van der Waals surface area contributed by atoms with E-state index in [1.54, 1.807) is 7.11 Å². The Morgan fingerprint density at radius 1 is 1.35 bits per heavy atom. The average molecular weight is 273 g/mol. The molecule has 0 spiro atoms. The lowest BCUT2D eigenvalue weighted by Crippen LogP contribution is -2.06. The fourth-order valence-corrected chi connectivity index (χ4v) is 2.09. The SMILES string of the molecule is CCC(C)n1ccc(CNc2ccc(OC)c(C)c2)n1. The molecule has 4 heteroatoms. The van der Waals surface area contributed by atoms with E-state index >= 15 is 0 Å². The van der Waals surface area contributed by atoms with Crippen LogP contribution in [0.2, 0.25) is 0 Å². The summed E-state index contributed by atoms with van der Waals surface area (Å²) < 4.78 is 7.29. The molecule has 0 amide bonds. The first-order valence-corrected chi connectivity index (χ1v) is 7.06. The van der Waals surface area contributed by atoms with E-state index in [4.69, 9.17) is 4.74 Å². The lowest BCUT2D eigenvalue weighted by molar-refractivity contribution is 0.412. The van der Waals surface area contributed by atoms with Crippen LogP contribution in [0.15, 0.2) is 30.5 Å². The quantitative estimate of drug-likeness (QED) is 0.870. The predicted molar refractivity (Wildman–Crippen MR) is 82.3 cm³/mol. The summed E-state index contributed by atoms with van der Waals surface area (Å²) in [4.78, 5) is 0. The lowest BCUT2D eigenvalue weighted by atomic mass is 10.2. The van der Waals surface area contributed by atoms with Gasteiger partial charge in [-0.15, -0.1) is 0 Å². The molecule has 0 aliphatic heterocycles. The first kappa shape index (κ1) is 14.4. The molecule has 4 nitrogen and oxygen atoms in total. The topological polar surface area (TPSA) is 39.1 Å². The van der Waals surface area contributed by atoms with E-state index in [0.717, 1.165) is 35.7 Å². The van der Waals surface area contributed by atoms with Crippen molar-refractivity contribution in [3.8, 4) is 5.75 Å². The van der Waals surface area contributed by atoms with Crippen LogP contribution in [-0.2, 0) is 6.54 Å². The fraction of sp³-hybridized carbons (Fsp3) is 0.438. The highest BCUT2D eigenvalue weighted by Gasteiger charge is 2.05. The zero-order valence-electron chi connectivity index (χ0n) is 12.7. The number of aryl methyl sites for hydroxylation is 1. The second-order valence-corrected chi connectivity index (χ2v) is 5.08. The number of ether oxygens (including phenoxy) is 1. The summed E-state index contributed by atoms with van der Waals surface area (Å²) in [5, 5.41) is 7.97. The highest BCUT2D eigenvalue weighted by molar-refractivity contribution is 5.50. The summed E-state index contributed by atoms with van der Waals surface area (Å²) in [5.74, 6) is 0.914. The van der Waals surface area contributed by atoms with Crippen molar-refractivity contribution in [2.45, 2.75) is 39.8 Å². The standard InChI is InChI=1S/C16H23N3O/c1-5-13(3)19-9-8-15(18-19)11-17-14-6-7-16(20-4)12(2)10-14/h6-10,13,17H,5,11H2,1-4H3. The van der Waals surface area contributed by atoms with Gasteiger partial charge in [-0.05, 0) is 50.1 Å². The van der Waals surface area contributed by atoms with Gasteiger partial charge in [0.2, 0.25) is 0 Å². The molecule has 20 heavy (non-hydrogen) atoms. The minimum absolute atomic E-state index is 0.451. The number of benzene rings is 1. The highest BCUT2D eigenvalue weighted by Crippen LogP contribution is 2.21. The third-order valence-corrected chi connectivity index (χ3v) is 3.57. The molecule has 0 saturated carbocycles. The largest absolute Gasteiger partial charge is 0.496 e. The van der Waals surface area contributed by atoms with Crippen molar-refractivity contribution in [2.24, 2.45) is 0 Å². The van der Waals surface area contributed by atoms with Crippen LogP contribution in [0.3, 0.4) is 0 Å². The number of aromatic nitrogens is 2. The first-order valence-electron chi connectivity index (χ1n) is 7.06. The predicted octanol–water partition coefficient (Wildman–Crippen LogP) is 3.78. The van der Waals surface area contributed by atoms with Gasteiger partial charge in [-0.2, -0.15) is 5.10 Å². The van der Waals surface area contributed by atoms with E-state index in [1.165, 1.54) is 0 Å². The van der Waals surface area contributed by atoms with E-state index in [1.807, 2.05) is 29.9 Å². The van der Waals surface area contributed by atoms with E-state index < -0.39 is 0 Å². The van der Waals surface area contributed by atoms with Gasteiger partial charge in [-0.1, -0.05) is 6.92 Å². The Hall–Kier alpha value is -1.97. The molecular weight excluding hydrogens is 250 g/mol. The van der Waals surface area contributed by atoms with Crippen molar-refractivity contribution in [2.75, 3.05) is 12.4 Å². The molecule has 0 bridgehead atoms. The summed E-state index contributed by atoms with van der Waals surface area (Å²) in [6.07, 6.45) is 3.14. The number of nitrogens with one attached hydrogen (secondary N) is 1. The Morgan fingerprint density at radius 2 is 2.15 bits per heavy atom. The Morgan fingerprint density at radius 3 is 2.80 bits per heavy atom. The highest BCUT2D eigenvalue weighted by atomic mass is 16.5. The molecule has 1 unspecified atom stereocenters. The molecule has 0 fully saturated rings.